The highest BCUT2D eigenvalue weighted by Crippen LogP contribution is 2.36. The van der Waals surface area contributed by atoms with Crippen molar-refractivity contribution in [3.8, 4) is 0 Å². The van der Waals surface area contributed by atoms with E-state index in [1.807, 2.05) is 4.90 Å². The summed E-state index contributed by atoms with van der Waals surface area (Å²) in [5.74, 6) is 0.816. The maximum absolute atomic E-state index is 12.5. The van der Waals surface area contributed by atoms with Gasteiger partial charge in [0.25, 0.3) is 0 Å². The highest BCUT2D eigenvalue weighted by molar-refractivity contribution is 7.99. The molecule has 1 unspecified atom stereocenters. The van der Waals surface area contributed by atoms with E-state index in [-0.39, 0.29) is 6.03 Å². The molecule has 1 aliphatic heterocycles. The molecule has 3 fully saturated rings. The number of carbonyl (C=O) groups is 2. The molecule has 2 amide bonds. The number of thioether (sulfide) groups is 1. The Labute approximate surface area is 110 Å². The number of carboxylic acid groups (broad SMARTS) is 1. The van der Waals surface area contributed by atoms with E-state index < -0.39 is 12.0 Å². The van der Waals surface area contributed by atoms with Crippen LogP contribution in [0.2, 0.25) is 0 Å². The summed E-state index contributed by atoms with van der Waals surface area (Å²) in [5.41, 5.74) is 0. The van der Waals surface area contributed by atoms with Crippen molar-refractivity contribution in [2.45, 2.75) is 37.8 Å². The fourth-order valence-electron chi connectivity index (χ4n) is 2.35. The second-order valence-corrected chi connectivity index (χ2v) is 6.43. The zero-order chi connectivity index (χ0) is 12.7. The van der Waals surface area contributed by atoms with Gasteiger partial charge < -0.3 is 14.9 Å². The van der Waals surface area contributed by atoms with Crippen molar-refractivity contribution in [2.75, 3.05) is 18.2 Å². The Hall–Kier alpha value is -0.910. The monoisotopic (exact) mass is 270 g/mol. The second kappa shape index (κ2) is 4.64. The van der Waals surface area contributed by atoms with Crippen LogP contribution in [0.4, 0.5) is 4.79 Å². The standard InChI is InChI=1S/C12H18N2O3S/c15-11(16)10-6-18-7-14(10)12(17)13(9-3-4-9)5-8-1-2-8/h8-10H,1-7H2,(H,15,16). The van der Waals surface area contributed by atoms with E-state index in [4.69, 9.17) is 5.11 Å². The van der Waals surface area contributed by atoms with Crippen molar-refractivity contribution in [3.63, 3.8) is 0 Å². The lowest BCUT2D eigenvalue weighted by Crippen LogP contribution is -2.50. The first-order valence-electron chi connectivity index (χ1n) is 6.54. The summed E-state index contributed by atoms with van der Waals surface area (Å²) in [6, 6.07) is -0.317. The molecule has 1 heterocycles. The van der Waals surface area contributed by atoms with Gasteiger partial charge in [0, 0.05) is 18.3 Å². The highest BCUT2D eigenvalue weighted by Gasteiger charge is 2.42. The van der Waals surface area contributed by atoms with Crippen molar-refractivity contribution in [3.05, 3.63) is 0 Å². The topological polar surface area (TPSA) is 60.9 Å². The van der Waals surface area contributed by atoms with E-state index >= 15 is 0 Å². The molecule has 2 aliphatic carbocycles. The van der Waals surface area contributed by atoms with Gasteiger partial charge in [-0.3, -0.25) is 0 Å². The lowest BCUT2D eigenvalue weighted by molar-refractivity contribution is -0.140. The van der Waals surface area contributed by atoms with Crippen molar-refractivity contribution in [1.29, 1.82) is 0 Å². The first kappa shape index (κ1) is 12.1. The molecule has 3 rings (SSSR count). The van der Waals surface area contributed by atoms with Crippen molar-refractivity contribution in [1.82, 2.24) is 9.80 Å². The van der Waals surface area contributed by atoms with E-state index in [9.17, 15) is 9.59 Å². The van der Waals surface area contributed by atoms with Crippen LogP contribution in [0.3, 0.4) is 0 Å². The zero-order valence-corrected chi connectivity index (χ0v) is 11.1. The number of hydrogen-bond acceptors (Lipinski definition) is 3. The molecule has 0 aromatic rings. The number of carbonyl (C=O) groups excluding carboxylic acids is 1. The normalized spacial score (nSPS) is 27.3. The Balaban J connectivity index is 1.68. The van der Waals surface area contributed by atoms with E-state index in [0.29, 0.717) is 23.6 Å². The van der Waals surface area contributed by atoms with Crippen LogP contribution in [0.15, 0.2) is 0 Å². The fraction of sp³-hybridized carbons (Fsp3) is 0.833. The molecular weight excluding hydrogens is 252 g/mol. The van der Waals surface area contributed by atoms with Crippen LogP contribution in [0, 0.1) is 5.92 Å². The van der Waals surface area contributed by atoms with Crippen LogP contribution >= 0.6 is 11.8 Å². The minimum atomic E-state index is -0.879. The lowest BCUT2D eigenvalue weighted by atomic mass is 10.3. The Bertz CT molecular complexity index is 368. The van der Waals surface area contributed by atoms with Gasteiger partial charge in [0.1, 0.15) is 6.04 Å². The molecule has 1 atom stereocenters. The van der Waals surface area contributed by atoms with Gasteiger partial charge in [0.2, 0.25) is 0 Å². The largest absolute Gasteiger partial charge is 0.480 e. The molecule has 0 aromatic carbocycles. The Morgan fingerprint density at radius 2 is 2.00 bits per heavy atom. The average molecular weight is 270 g/mol. The minimum absolute atomic E-state index is 0.0539. The van der Waals surface area contributed by atoms with Crippen LogP contribution in [0.25, 0.3) is 0 Å². The smallest absolute Gasteiger partial charge is 0.327 e. The van der Waals surface area contributed by atoms with Crippen LogP contribution < -0.4 is 0 Å². The van der Waals surface area contributed by atoms with Gasteiger partial charge in [-0.05, 0) is 31.6 Å². The fourth-order valence-corrected chi connectivity index (χ4v) is 3.49. The Morgan fingerprint density at radius 3 is 2.56 bits per heavy atom. The summed E-state index contributed by atoms with van der Waals surface area (Å²) in [6.45, 7) is 0.830. The minimum Gasteiger partial charge on any atom is -0.480 e. The van der Waals surface area contributed by atoms with Crippen LogP contribution in [-0.2, 0) is 4.79 Å². The maximum atomic E-state index is 12.5. The molecule has 3 aliphatic rings. The molecule has 100 valence electrons. The lowest BCUT2D eigenvalue weighted by Gasteiger charge is -2.30. The van der Waals surface area contributed by atoms with Gasteiger partial charge in [-0.25, -0.2) is 9.59 Å². The van der Waals surface area contributed by atoms with Crippen LogP contribution in [0.1, 0.15) is 25.7 Å². The first-order valence-corrected chi connectivity index (χ1v) is 7.70. The number of nitrogens with zero attached hydrogens (tertiary/aromatic N) is 2. The van der Waals surface area contributed by atoms with Crippen molar-refractivity contribution in [2.24, 2.45) is 5.92 Å². The summed E-state index contributed by atoms with van der Waals surface area (Å²) < 4.78 is 0. The van der Waals surface area contributed by atoms with Gasteiger partial charge in [0.15, 0.2) is 0 Å². The van der Waals surface area contributed by atoms with E-state index in [1.165, 1.54) is 29.5 Å². The summed E-state index contributed by atoms with van der Waals surface area (Å²) in [6.07, 6.45) is 4.59. The number of rotatable bonds is 4. The predicted octanol–water partition coefficient (Wildman–Crippen LogP) is 1.44. The SMILES string of the molecule is O=C(O)C1CSCN1C(=O)N(CC1CC1)C1CC1. The van der Waals surface area contributed by atoms with Gasteiger partial charge in [-0.15, -0.1) is 11.8 Å². The molecule has 0 radical (unpaired) electrons. The van der Waals surface area contributed by atoms with Gasteiger partial charge in [-0.1, -0.05) is 0 Å². The van der Waals surface area contributed by atoms with Crippen molar-refractivity contribution < 1.29 is 14.7 Å². The molecule has 5 nitrogen and oxygen atoms in total. The molecule has 0 spiro atoms. The third kappa shape index (κ3) is 2.43. The first-order chi connectivity index (χ1) is 8.66. The third-order valence-electron chi connectivity index (χ3n) is 3.80. The number of urea groups is 1. The number of amides is 2. The molecular formula is C12H18N2O3S. The molecule has 1 saturated heterocycles. The van der Waals surface area contributed by atoms with Crippen molar-refractivity contribution >= 4 is 23.8 Å². The van der Waals surface area contributed by atoms with E-state index in [1.54, 1.807) is 0 Å². The predicted molar refractivity (Wildman–Crippen MR) is 68.4 cm³/mol. The van der Waals surface area contributed by atoms with Crippen LogP contribution in [0.5, 0.6) is 0 Å². The quantitative estimate of drug-likeness (QED) is 0.839. The summed E-state index contributed by atoms with van der Waals surface area (Å²) in [5, 5.41) is 9.14. The molecule has 18 heavy (non-hydrogen) atoms. The zero-order valence-electron chi connectivity index (χ0n) is 10.2. The van der Waals surface area contributed by atoms with Crippen LogP contribution in [-0.4, -0.2) is 57.2 Å². The van der Waals surface area contributed by atoms with E-state index in [0.717, 1.165) is 19.4 Å². The van der Waals surface area contributed by atoms with Gasteiger partial charge in [0.05, 0.1) is 5.88 Å². The second-order valence-electron chi connectivity index (χ2n) is 5.43. The Morgan fingerprint density at radius 1 is 1.28 bits per heavy atom. The number of hydrogen-bond donors (Lipinski definition) is 1. The number of aliphatic carboxylic acids is 1. The summed E-state index contributed by atoms with van der Waals surface area (Å²) in [7, 11) is 0. The summed E-state index contributed by atoms with van der Waals surface area (Å²) >= 11 is 1.53. The van der Waals surface area contributed by atoms with E-state index in [2.05, 4.69) is 0 Å². The highest BCUT2D eigenvalue weighted by atomic mass is 32.2. The molecule has 0 bridgehead atoms. The average Bonchev–Trinajstić information content (AvgIpc) is 3.24. The van der Waals surface area contributed by atoms with Gasteiger partial charge in [-0.2, -0.15) is 0 Å². The molecule has 2 saturated carbocycles. The third-order valence-corrected chi connectivity index (χ3v) is 4.81. The Kier molecular flexibility index (Phi) is 3.13. The maximum Gasteiger partial charge on any atom is 0.327 e. The molecule has 0 aromatic heterocycles. The molecule has 1 N–H and O–H groups in total. The molecule has 6 heteroatoms. The number of carboxylic acids is 1. The summed E-state index contributed by atoms with van der Waals surface area (Å²) in [4.78, 5) is 27.1. The van der Waals surface area contributed by atoms with Gasteiger partial charge >= 0.3 is 12.0 Å².